The van der Waals surface area contributed by atoms with Gasteiger partial charge in [-0.25, -0.2) is 30.0 Å². The zero-order valence-corrected chi connectivity index (χ0v) is 23.0. The molecule has 0 bridgehead atoms. The van der Waals surface area contributed by atoms with Crippen molar-refractivity contribution in [2.45, 2.75) is 0 Å². The van der Waals surface area contributed by atoms with Gasteiger partial charge in [0.05, 0.1) is 0 Å². The summed E-state index contributed by atoms with van der Waals surface area (Å²) in [5.41, 5.74) is -5.99. The lowest BCUT2D eigenvalue weighted by Gasteiger charge is -1.97. The highest BCUT2D eigenvalue weighted by Gasteiger charge is 2.27. The molecule has 18 nitrogen and oxygen atoms in total. The molecule has 0 aromatic heterocycles. The third kappa shape index (κ3) is 4.69. The van der Waals surface area contributed by atoms with E-state index in [0.29, 0.717) is 0 Å². The van der Waals surface area contributed by atoms with Gasteiger partial charge >= 0.3 is 0 Å². The van der Waals surface area contributed by atoms with E-state index < -0.39 is 67.6 Å². The molecule has 3 heterocycles. The standard InChI is InChI=1S/C30N18/c31-1-13(2-32)16(7-37)19(10-40)28-43-22-23(44-28)25-27(48-30(46-25)21(12-42)18(9-39)15(5-35)6-36)26-24(22)45-29(47-26)20(11-41)17(8-38)14(3-33)4-34. The van der Waals surface area contributed by atoms with Crippen LogP contribution in [0.1, 0.15) is 0 Å². The number of nitrogens with zero attached hydrogens (tertiary/aromatic N) is 18. The van der Waals surface area contributed by atoms with Crippen molar-refractivity contribution in [1.29, 1.82) is 63.1 Å². The molecule has 0 saturated heterocycles. The molecule has 3 aliphatic heterocycles. The van der Waals surface area contributed by atoms with Gasteiger partial charge in [0.25, 0.3) is 0 Å². The Morgan fingerprint density at radius 2 is 0.458 bits per heavy atom. The summed E-state index contributed by atoms with van der Waals surface area (Å²) >= 11 is 0. The Hall–Kier alpha value is -9.66. The van der Waals surface area contributed by atoms with Gasteiger partial charge in [0.1, 0.15) is 155 Å². The fraction of sp³-hybridized carbons (Fsp3) is 0. The maximum Gasteiger partial charge on any atom is 0.172 e. The van der Waals surface area contributed by atoms with Gasteiger partial charge < -0.3 is 0 Å². The van der Waals surface area contributed by atoms with Crippen molar-refractivity contribution in [3.8, 4) is 72.8 Å². The summed E-state index contributed by atoms with van der Waals surface area (Å²) in [6.07, 6.45) is 0. The molecule has 4 rings (SSSR count). The van der Waals surface area contributed by atoms with Gasteiger partial charge in [0.2, 0.25) is 0 Å². The van der Waals surface area contributed by atoms with Crippen molar-refractivity contribution in [3.05, 3.63) is 99.8 Å². The van der Waals surface area contributed by atoms with Crippen LogP contribution in [0.5, 0.6) is 0 Å². The molecule has 0 fully saturated rings. The molecular formula is C30N18. The summed E-state index contributed by atoms with van der Waals surface area (Å²) in [5, 5.41) is 113. The van der Waals surface area contributed by atoms with Crippen molar-refractivity contribution in [1.82, 2.24) is 0 Å². The van der Waals surface area contributed by atoms with Crippen molar-refractivity contribution in [3.63, 3.8) is 0 Å². The van der Waals surface area contributed by atoms with E-state index >= 15 is 0 Å². The van der Waals surface area contributed by atoms with Gasteiger partial charge in [0.15, 0.2) is 17.5 Å². The first-order valence-electron chi connectivity index (χ1n) is 12.1. The lowest BCUT2D eigenvalue weighted by molar-refractivity contribution is 1.12. The van der Waals surface area contributed by atoms with Crippen molar-refractivity contribution in [2.24, 2.45) is 30.0 Å². The van der Waals surface area contributed by atoms with E-state index in [0.717, 1.165) is 0 Å². The first-order chi connectivity index (χ1) is 23.3. The summed E-state index contributed by atoms with van der Waals surface area (Å²) in [6.45, 7) is 0. The normalized spacial score (nSPS) is 11.1. The molecule has 0 atom stereocenters. The SMILES string of the molecule is N#CC(C#N)=C(C#N)C(C#N)=C1N=c2c3c(c4c(c2=N1)=NC(=C(C#N)C(C#N)=C(C#N)C#N)N=4)=NC(=C(C#N)C(C#N)=C(C#N)C#N)N=3. The van der Waals surface area contributed by atoms with Crippen LogP contribution < -0.4 is 32.1 Å². The number of fused-ring (bicyclic) bond motifs is 6. The molecule has 0 unspecified atom stereocenters. The average molecular weight is 612 g/mol. The van der Waals surface area contributed by atoms with E-state index in [2.05, 4.69) is 30.0 Å². The van der Waals surface area contributed by atoms with Gasteiger partial charge in [-0.2, -0.15) is 63.1 Å². The van der Waals surface area contributed by atoms with Crippen LogP contribution in [0, 0.1) is 136 Å². The molecule has 1 aromatic rings. The van der Waals surface area contributed by atoms with E-state index in [-0.39, 0.29) is 32.1 Å². The maximum atomic E-state index is 9.88. The monoisotopic (exact) mass is 612 g/mol. The molecule has 0 amide bonds. The molecular weight excluding hydrogens is 612 g/mol. The van der Waals surface area contributed by atoms with Gasteiger partial charge in [-0.15, -0.1) is 0 Å². The predicted octanol–water partition coefficient (Wildman–Crippen LogP) is -1.75. The highest BCUT2D eigenvalue weighted by molar-refractivity contribution is 5.63. The molecule has 18 heteroatoms. The van der Waals surface area contributed by atoms with Crippen molar-refractivity contribution in [2.75, 3.05) is 0 Å². The van der Waals surface area contributed by atoms with Crippen molar-refractivity contribution >= 4 is 0 Å². The largest absolute Gasteiger partial charge is 0.223 e. The smallest absolute Gasteiger partial charge is 0.172 e. The van der Waals surface area contributed by atoms with Crippen LogP contribution >= 0.6 is 0 Å². The lowest BCUT2D eigenvalue weighted by atomic mass is 10.0. The Balaban J connectivity index is 2.36. The molecule has 0 saturated carbocycles. The second-order valence-corrected chi connectivity index (χ2v) is 8.45. The first-order valence-corrected chi connectivity index (χ1v) is 12.1. The van der Waals surface area contributed by atoms with E-state index in [1.54, 1.807) is 36.4 Å². The molecule has 48 heavy (non-hydrogen) atoms. The van der Waals surface area contributed by atoms with Gasteiger partial charge in [0, 0.05) is 0 Å². The molecule has 3 aliphatic rings. The summed E-state index contributed by atoms with van der Waals surface area (Å²) in [6, 6.07) is 18.8. The quantitative estimate of drug-likeness (QED) is 0.343. The highest BCUT2D eigenvalue weighted by Crippen LogP contribution is 2.22. The van der Waals surface area contributed by atoms with E-state index in [1.165, 1.54) is 36.4 Å². The Kier molecular flexibility index (Phi) is 8.27. The minimum atomic E-state index is -0.728. The second-order valence-electron chi connectivity index (χ2n) is 8.45. The highest BCUT2D eigenvalue weighted by atomic mass is 15.1. The molecule has 210 valence electrons. The third-order valence-electron chi connectivity index (χ3n) is 6.16. The molecule has 0 spiro atoms. The second kappa shape index (κ2) is 12.7. The predicted molar refractivity (Wildman–Crippen MR) is 143 cm³/mol. The van der Waals surface area contributed by atoms with Gasteiger partial charge in [-0.05, 0) is 0 Å². The number of hydrogen-bond acceptors (Lipinski definition) is 18. The Morgan fingerprint density at radius 3 is 0.583 bits per heavy atom. The van der Waals surface area contributed by atoms with Gasteiger partial charge in [-0.1, -0.05) is 0 Å². The first kappa shape index (κ1) is 31.3. The minimum Gasteiger partial charge on any atom is -0.223 e. The lowest BCUT2D eigenvalue weighted by Crippen LogP contribution is -2.63. The number of nitriles is 12. The van der Waals surface area contributed by atoms with Crippen LogP contribution in [0.3, 0.4) is 0 Å². The van der Waals surface area contributed by atoms with Gasteiger partial charge in [-0.3, -0.25) is 0 Å². The van der Waals surface area contributed by atoms with Crippen LogP contribution in [0.4, 0.5) is 0 Å². The Morgan fingerprint density at radius 1 is 0.271 bits per heavy atom. The van der Waals surface area contributed by atoms with E-state index in [1.807, 2.05) is 0 Å². The zero-order valence-electron chi connectivity index (χ0n) is 23.0. The summed E-state index contributed by atoms with van der Waals surface area (Å²) in [7, 11) is 0. The summed E-state index contributed by atoms with van der Waals surface area (Å²) in [5.74, 6) is -1.48. The van der Waals surface area contributed by atoms with Crippen molar-refractivity contribution < 1.29 is 0 Å². The number of hydrogen-bond donors (Lipinski definition) is 0. The van der Waals surface area contributed by atoms with Crippen LogP contribution in [0.25, 0.3) is 0 Å². The Labute approximate surface area is 265 Å². The van der Waals surface area contributed by atoms with E-state index in [4.69, 9.17) is 0 Å². The summed E-state index contributed by atoms with van der Waals surface area (Å²) < 4.78 is 0. The topological polar surface area (TPSA) is 360 Å². The van der Waals surface area contributed by atoms with Crippen LogP contribution in [-0.2, 0) is 0 Å². The summed E-state index contributed by atoms with van der Waals surface area (Å²) in [4.78, 5) is 25.5. The fourth-order valence-corrected chi connectivity index (χ4v) is 4.13. The fourth-order valence-electron chi connectivity index (χ4n) is 4.13. The molecule has 0 N–H and O–H groups in total. The van der Waals surface area contributed by atoms with Crippen LogP contribution in [-0.4, -0.2) is 0 Å². The van der Waals surface area contributed by atoms with Crippen LogP contribution in [0.2, 0.25) is 0 Å². The van der Waals surface area contributed by atoms with E-state index in [9.17, 15) is 63.1 Å². The number of rotatable bonds is 3. The Bertz CT molecular complexity index is 2510. The minimum absolute atomic E-state index is 0.205. The number of benzene rings is 1. The average Bonchev–Trinajstić information content (AvgIpc) is 3.86. The molecule has 0 aliphatic carbocycles. The third-order valence-corrected chi connectivity index (χ3v) is 6.16. The van der Waals surface area contributed by atoms with Crippen LogP contribution in [0.15, 0.2) is 97.6 Å². The maximum absolute atomic E-state index is 9.88. The number of allylic oxidation sites excluding steroid dienone is 9. The zero-order chi connectivity index (χ0) is 35.1. The molecule has 0 radical (unpaired) electrons. The molecule has 1 aromatic carbocycles.